The topological polar surface area (TPSA) is 111 Å². The molecule has 0 unspecified atom stereocenters. The highest BCUT2D eigenvalue weighted by molar-refractivity contribution is 6.10. The third-order valence-corrected chi connectivity index (χ3v) is 3.68. The molecule has 0 saturated heterocycles. The van der Waals surface area contributed by atoms with Gasteiger partial charge < -0.3 is 15.9 Å². The van der Waals surface area contributed by atoms with Crippen molar-refractivity contribution in [1.82, 2.24) is 19.9 Å². The minimum atomic E-state index is 0.428. The molecule has 1 aromatic carbocycles. The van der Waals surface area contributed by atoms with Gasteiger partial charge in [0.15, 0.2) is 0 Å². The smallest absolute Gasteiger partial charge is 0.129 e. The van der Waals surface area contributed by atoms with Crippen molar-refractivity contribution in [1.29, 1.82) is 5.41 Å². The number of nitrogens with zero attached hydrogens (tertiary/aromatic N) is 4. The summed E-state index contributed by atoms with van der Waals surface area (Å²) in [4.78, 5) is 16.9. The van der Waals surface area contributed by atoms with Crippen LogP contribution in [0, 0.1) is 12.3 Å². The number of nitrogens with one attached hydrogen (secondary N) is 1. The number of nitrogens with two attached hydrogens (primary N) is 1. The summed E-state index contributed by atoms with van der Waals surface area (Å²) in [6.45, 7) is 2.27. The van der Waals surface area contributed by atoms with E-state index in [1.54, 1.807) is 24.8 Å². The summed E-state index contributed by atoms with van der Waals surface area (Å²) >= 11 is 0. The molecule has 0 amide bonds. The standard InChI is InChI=1S/C18H18N6O/c1-12-23-10-13-6-16(14(8-19)9-20)18(7-17(13)24-12)25-5-2-15-11-21-3-4-22-15/h3-4,6-11,19H,2,5,20H2,1H3. The van der Waals surface area contributed by atoms with E-state index in [2.05, 4.69) is 19.9 Å². The number of hydrogen-bond donors (Lipinski definition) is 2. The third kappa shape index (κ3) is 3.77. The lowest BCUT2D eigenvalue weighted by Crippen LogP contribution is -2.06. The molecular weight excluding hydrogens is 316 g/mol. The fourth-order valence-electron chi connectivity index (χ4n) is 2.44. The molecule has 3 N–H and O–H groups in total. The summed E-state index contributed by atoms with van der Waals surface area (Å²) in [5.74, 6) is 1.31. The Balaban J connectivity index is 1.92. The van der Waals surface area contributed by atoms with E-state index in [0.29, 0.717) is 30.2 Å². The first-order chi connectivity index (χ1) is 12.2. The van der Waals surface area contributed by atoms with Crippen molar-refractivity contribution in [2.75, 3.05) is 6.61 Å². The van der Waals surface area contributed by atoms with Gasteiger partial charge in [-0.1, -0.05) is 0 Å². The molecule has 2 heterocycles. The minimum Gasteiger partial charge on any atom is -0.492 e. The van der Waals surface area contributed by atoms with Gasteiger partial charge in [0, 0.05) is 66.2 Å². The molecule has 0 aliphatic heterocycles. The van der Waals surface area contributed by atoms with Gasteiger partial charge >= 0.3 is 0 Å². The second-order valence-corrected chi connectivity index (χ2v) is 5.39. The van der Waals surface area contributed by atoms with Crippen molar-refractivity contribution >= 4 is 22.7 Å². The molecular formula is C18H18N6O. The molecule has 0 saturated carbocycles. The molecule has 0 radical (unpaired) electrons. The van der Waals surface area contributed by atoms with Gasteiger partial charge in [0.25, 0.3) is 0 Å². The number of benzene rings is 1. The number of ether oxygens (including phenoxy) is 1. The largest absolute Gasteiger partial charge is 0.492 e. The summed E-state index contributed by atoms with van der Waals surface area (Å²) < 4.78 is 5.95. The first-order valence-corrected chi connectivity index (χ1v) is 7.79. The van der Waals surface area contributed by atoms with Crippen LogP contribution >= 0.6 is 0 Å². The maximum Gasteiger partial charge on any atom is 0.129 e. The van der Waals surface area contributed by atoms with Gasteiger partial charge in [-0.15, -0.1) is 0 Å². The number of hydrogen-bond acceptors (Lipinski definition) is 7. The van der Waals surface area contributed by atoms with Crippen LogP contribution in [0.1, 0.15) is 17.1 Å². The molecule has 0 bridgehead atoms. The van der Waals surface area contributed by atoms with Gasteiger partial charge in [0.05, 0.1) is 17.8 Å². The van der Waals surface area contributed by atoms with E-state index in [1.807, 2.05) is 19.1 Å². The molecule has 0 aliphatic carbocycles. The normalized spacial score (nSPS) is 11.5. The predicted molar refractivity (Wildman–Crippen MR) is 96.5 cm³/mol. The number of rotatable bonds is 6. The van der Waals surface area contributed by atoms with Crippen LogP contribution in [0.4, 0.5) is 0 Å². The number of aromatic nitrogens is 4. The van der Waals surface area contributed by atoms with Crippen LogP contribution in [0.2, 0.25) is 0 Å². The van der Waals surface area contributed by atoms with E-state index in [4.69, 9.17) is 15.9 Å². The van der Waals surface area contributed by atoms with Crippen molar-refractivity contribution < 1.29 is 4.74 Å². The molecule has 7 heteroatoms. The van der Waals surface area contributed by atoms with Gasteiger partial charge in [0.2, 0.25) is 0 Å². The lowest BCUT2D eigenvalue weighted by molar-refractivity contribution is 0.320. The third-order valence-electron chi connectivity index (χ3n) is 3.68. The molecule has 126 valence electrons. The van der Waals surface area contributed by atoms with Crippen molar-refractivity contribution in [2.24, 2.45) is 5.73 Å². The minimum absolute atomic E-state index is 0.428. The lowest BCUT2D eigenvalue weighted by Gasteiger charge is -2.13. The molecule has 3 rings (SSSR count). The second-order valence-electron chi connectivity index (χ2n) is 5.39. The van der Waals surface area contributed by atoms with Crippen LogP contribution < -0.4 is 10.5 Å². The summed E-state index contributed by atoms with van der Waals surface area (Å²) in [6, 6.07) is 3.74. The maximum absolute atomic E-state index is 7.57. The summed E-state index contributed by atoms with van der Waals surface area (Å²) in [7, 11) is 0. The fraction of sp³-hybridized carbons (Fsp3) is 0.167. The molecule has 0 aliphatic rings. The van der Waals surface area contributed by atoms with Crippen LogP contribution in [0.5, 0.6) is 5.75 Å². The highest BCUT2D eigenvalue weighted by atomic mass is 16.5. The SMILES string of the molecule is Cc1ncc2cc(C(C=N)=CN)c(OCCc3cnccn3)cc2n1. The first-order valence-electron chi connectivity index (χ1n) is 7.79. The highest BCUT2D eigenvalue weighted by Crippen LogP contribution is 2.29. The van der Waals surface area contributed by atoms with Crippen LogP contribution in [0.25, 0.3) is 16.5 Å². The van der Waals surface area contributed by atoms with Crippen molar-refractivity contribution in [2.45, 2.75) is 13.3 Å². The Morgan fingerprint density at radius 2 is 2.12 bits per heavy atom. The van der Waals surface area contributed by atoms with Crippen molar-refractivity contribution in [3.8, 4) is 5.75 Å². The van der Waals surface area contributed by atoms with Crippen LogP contribution in [-0.2, 0) is 6.42 Å². The fourth-order valence-corrected chi connectivity index (χ4v) is 2.44. The summed E-state index contributed by atoms with van der Waals surface area (Å²) in [5, 5.41) is 8.43. The molecule has 25 heavy (non-hydrogen) atoms. The first kappa shape index (κ1) is 16.5. The van der Waals surface area contributed by atoms with Crippen molar-refractivity contribution in [3.05, 3.63) is 60.2 Å². The van der Waals surface area contributed by atoms with Crippen molar-refractivity contribution in [3.63, 3.8) is 0 Å². The molecule has 0 fully saturated rings. The average Bonchev–Trinajstić information content (AvgIpc) is 2.64. The van der Waals surface area contributed by atoms with Gasteiger partial charge in [-0.25, -0.2) is 9.97 Å². The Labute approximate surface area is 145 Å². The van der Waals surface area contributed by atoms with E-state index in [1.165, 1.54) is 12.4 Å². The Morgan fingerprint density at radius 1 is 1.24 bits per heavy atom. The molecule has 7 nitrogen and oxygen atoms in total. The molecule has 0 atom stereocenters. The Bertz CT molecular complexity index is 924. The quantitative estimate of drug-likeness (QED) is 0.669. The number of fused-ring (bicyclic) bond motifs is 1. The van der Waals surface area contributed by atoms with Crippen LogP contribution in [0.3, 0.4) is 0 Å². The zero-order chi connectivity index (χ0) is 17.6. The maximum atomic E-state index is 7.57. The van der Waals surface area contributed by atoms with E-state index < -0.39 is 0 Å². The van der Waals surface area contributed by atoms with E-state index in [0.717, 1.165) is 22.2 Å². The van der Waals surface area contributed by atoms with Crippen LogP contribution in [0.15, 0.2) is 43.1 Å². The zero-order valence-electron chi connectivity index (χ0n) is 13.8. The average molecular weight is 334 g/mol. The number of allylic oxidation sites excluding steroid dienone is 1. The Kier molecular flexibility index (Phi) is 4.94. The Morgan fingerprint density at radius 3 is 2.84 bits per heavy atom. The highest BCUT2D eigenvalue weighted by Gasteiger charge is 2.11. The molecule has 2 aromatic heterocycles. The number of aryl methyl sites for hydroxylation is 1. The second kappa shape index (κ2) is 7.48. The molecule has 3 aromatic rings. The zero-order valence-corrected chi connectivity index (χ0v) is 13.8. The molecule has 0 spiro atoms. The summed E-state index contributed by atoms with van der Waals surface area (Å²) in [5.41, 5.74) is 8.59. The van der Waals surface area contributed by atoms with Gasteiger partial charge in [0.1, 0.15) is 11.6 Å². The Hall–Kier alpha value is -3.35. The van der Waals surface area contributed by atoms with Crippen LogP contribution in [-0.4, -0.2) is 32.8 Å². The van der Waals surface area contributed by atoms with E-state index >= 15 is 0 Å². The monoisotopic (exact) mass is 334 g/mol. The van der Waals surface area contributed by atoms with Gasteiger partial charge in [-0.05, 0) is 13.0 Å². The predicted octanol–water partition coefficient (Wildman–Crippen LogP) is 2.30. The van der Waals surface area contributed by atoms with Gasteiger partial charge in [-0.2, -0.15) is 0 Å². The lowest BCUT2D eigenvalue weighted by atomic mass is 10.0. The van der Waals surface area contributed by atoms with E-state index in [-0.39, 0.29) is 0 Å². The van der Waals surface area contributed by atoms with E-state index in [9.17, 15) is 0 Å². The summed E-state index contributed by atoms with van der Waals surface area (Å²) in [6.07, 6.45) is 9.97. The van der Waals surface area contributed by atoms with Gasteiger partial charge in [-0.3, -0.25) is 9.97 Å².